The van der Waals surface area contributed by atoms with E-state index in [0.717, 1.165) is 24.2 Å². The number of aromatic nitrogens is 2. The first-order chi connectivity index (χ1) is 20.2. The Labute approximate surface area is 248 Å². The highest BCUT2D eigenvalue weighted by Crippen LogP contribution is 2.28. The minimum atomic E-state index is -1.08. The van der Waals surface area contributed by atoms with Crippen molar-refractivity contribution < 1.29 is 29.0 Å². The van der Waals surface area contributed by atoms with Crippen LogP contribution in [0.5, 0.6) is 0 Å². The van der Waals surface area contributed by atoms with Crippen LogP contribution in [-0.4, -0.2) is 113 Å². The van der Waals surface area contributed by atoms with E-state index in [0.29, 0.717) is 63.8 Å². The highest BCUT2D eigenvalue weighted by atomic mass is 16.5. The number of imidazole rings is 1. The first-order valence-electron chi connectivity index (χ1n) is 15.0. The molecular formula is C31H45N5O6. The van der Waals surface area contributed by atoms with Crippen LogP contribution < -0.4 is 0 Å². The molecule has 2 aliphatic rings. The van der Waals surface area contributed by atoms with Crippen molar-refractivity contribution in [1.29, 1.82) is 0 Å². The van der Waals surface area contributed by atoms with Gasteiger partial charge in [-0.2, -0.15) is 0 Å². The molecule has 11 nitrogen and oxygen atoms in total. The third-order valence-corrected chi connectivity index (χ3v) is 8.00. The van der Waals surface area contributed by atoms with Crippen molar-refractivity contribution >= 4 is 17.9 Å². The van der Waals surface area contributed by atoms with Gasteiger partial charge < -0.3 is 33.8 Å². The van der Waals surface area contributed by atoms with E-state index in [-0.39, 0.29) is 30.8 Å². The number of carbonyl (C=O) groups excluding carboxylic acids is 2. The van der Waals surface area contributed by atoms with Gasteiger partial charge in [-0.15, -0.1) is 0 Å². The van der Waals surface area contributed by atoms with E-state index in [1.807, 2.05) is 55.7 Å². The fraction of sp³-hybridized carbons (Fsp3) is 0.613. The number of para-hydroxylation sites is 1. The summed E-state index contributed by atoms with van der Waals surface area (Å²) in [6.07, 6.45) is 1.63. The maximum absolute atomic E-state index is 14.5. The van der Waals surface area contributed by atoms with E-state index in [1.54, 1.807) is 16.9 Å². The molecular weight excluding hydrogens is 538 g/mol. The number of carbonyl (C=O) groups is 3. The van der Waals surface area contributed by atoms with E-state index in [9.17, 15) is 19.5 Å². The number of morpholine rings is 1. The van der Waals surface area contributed by atoms with Crippen LogP contribution in [0.25, 0.3) is 5.69 Å². The van der Waals surface area contributed by atoms with Crippen LogP contribution in [0, 0.1) is 18.8 Å². The number of rotatable bonds is 11. The van der Waals surface area contributed by atoms with Crippen LogP contribution in [0.3, 0.4) is 0 Å². The molecule has 1 aromatic heterocycles. The number of hydrogen-bond donors (Lipinski definition) is 1. The molecule has 2 aliphatic heterocycles. The monoisotopic (exact) mass is 583 g/mol. The maximum atomic E-state index is 14.5. The summed E-state index contributed by atoms with van der Waals surface area (Å²) < 4.78 is 12.7. The van der Waals surface area contributed by atoms with Crippen LogP contribution in [0.1, 0.15) is 55.1 Å². The molecule has 0 unspecified atom stereocenters. The smallest absolute Gasteiger partial charge is 0.407 e. The number of ether oxygens (including phenoxy) is 2. The SMILES string of the molecule is COCCCCc1c(C(=O)N(CC(C)C)[C@H]2C[C@@H](C(=O)N3CCOCC3)CN(C(=O)O)C2)nc(C)n1-c1ccccc1. The first kappa shape index (κ1) is 31.5. The zero-order valence-corrected chi connectivity index (χ0v) is 25.3. The van der Waals surface area contributed by atoms with Gasteiger partial charge >= 0.3 is 6.09 Å². The summed E-state index contributed by atoms with van der Waals surface area (Å²) >= 11 is 0. The molecule has 11 heteroatoms. The van der Waals surface area contributed by atoms with Crippen LogP contribution >= 0.6 is 0 Å². The molecule has 0 radical (unpaired) electrons. The van der Waals surface area contributed by atoms with Gasteiger partial charge in [-0.25, -0.2) is 9.78 Å². The number of hydrogen-bond acceptors (Lipinski definition) is 6. The lowest BCUT2D eigenvalue weighted by atomic mass is 9.91. The molecule has 2 atom stereocenters. The quantitative estimate of drug-likeness (QED) is 0.403. The lowest BCUT2D eigenvalue weighted by Crippen LogP contribution is -2.58. The molecule has 1 N–H and O–H groups in total. The summed E-state index contributed by atoms with van der Waals surface area (Å²) in [5.74, 6) is 0.0155. The van der Waals surface area contributed by atoms with Crippen molar-refractivity contribution in [3.63, 3.8) is 0 Å². The highest BCUT2D eigenvalue weighted by molar-refractivity contribution is 5.94. The van der Waals surface area contributed by atoms with Gasteiger partial charge in [0, 0.05) is 52.1 Å². The van der Waals surface area contributed by atoms with E-state index >= 15 is 0 Å². The number of nitrogens with zero attached hydrogens (tertiary/aromatic N) is 5. The number of methoxy groups -OCH3 is 1. The Bertz CT molecular complexity index is 1210. The normalized spacial score (nSPS) is 19.3. The first-order valence-corrected chi connectivity index (χ1v) is 15.0. The highest BCUT2D eigenvalue weighted by Gasteiger charge is 2.41. The molecule has 3 heterocycles. The van der Waals surface area contributed by atoms with Crippen LogP contribution in [0.4, 0.5) is 4.79 Å². The fourth-order valence-electron chi connectivity index (χ4n) is 6.04. The zero-order chi connectivity index (χ0) is 30.2. The summed E-state index contributed by atoms with van der Waals surface area (Å²) in [5, 5.41) is 9.99. The van der Waals surface area contributed by atoms with Crippen molar-refractivity contribution in [3.05, 3.63) is 47.5 Å². The second-order valence-corrected chi connectivity index (χ2v) is 11.6. The largest absolute Gasteiger partial charge is 0.465 e. The predicted molar refractivity (Wildman–Crippen MR) is 158 cm³/mol. The van der Waals surface area contributed by atoms with Crippen molar-refractivity contribution in [2.75, 3.05) is 59.7 Å². The average Bonchev–Trinajstić information content (AvgIpc) is 3.33. The summed E-state index contributed by atoms with van der Waals surface area (Å²) in [4.78, 5) is 49.8. The molecule has 42 heavy (non-hydrogen) atoms. The van der Waals surface area contributed by atoms with Gasteiger partial charge in [0.25, 0.3) is 5.91 Å². The van der Waals surface area contributed by atoms with Gasteiger partial charge in [0.15, 0.2) is 0 Å². The third kappa shape index (κ3) is 7.49. The zero-order valence-electron chi connectivity index (χ0n) is 25.3. The molecule has 0 saturated carbocycles. The summed E-state index contributed by atoms with van der Waals surface area (Å²) in [6, 6.07) is 9.43. The Morgan fingerprint density at radius 3 is 2.45 bits per heavy atom. The number of unbranched alkanes of at least 4 members (excludes halogenated alkanes) is 1. The predicted octanol–water partition coefficient (Wildman–Crippen LogP) is 3.48. The lowest BCUT2D eigenvalue weighted by molar-refractivity contribution is -0.142. The second kappa shape index (κ2) is 14.6. The molecule has 1 aromatic carbocycles. The Morgan fingerprint density at radius 2 is 1.81 bits per heavy atom. The van der Waals surface area contributed by atoms with Crippen LogP contribution in [0.2, 0.25) is 0 Å². The molecule has 2 saturated heterocycles. The molecule has 2 fully saturated rings. The molecule has 230 valence electrons. The molecule has 0 aliphatic carbocycles. The number of benzene rings is 1. The van der Waals surface area contributed by atoms with E-state index in [1.165, 1.54) is 4.90 Å². The van der Waals surface area contributed by atoms with Crippen molar-refractivity contribution in [2.24, 2.45) is 11.8 Å². The number of aryl methyl sites for hydroxylation is 1. The van der Waals surface area contributed by atoms with Crippen molar-refractivity contribution in [1.82, 2.24) is 24.3 Å². The molecule has 3 amide bonds. The third-order valence-electron chi connectivity index (χ3n) is 8.00. The Balaban J connectivity index is 1.69. The van der Waals surface area contributed by atoms with Gasteiger partial charge in [-0.1, -0.05) is 32.0 Å². The number of carboxylic acid groups (broad SMARTS) is 1. The van der Waals surface area contributed by atoms with Crippen LogP contribution in [0.15, 0.2) is 30.3 Å². The van der Waals surface area contributed by atoms with Crippen molar-refractivity contribution in [2.45, 2.75) is 52.5 Å². The van der Waals surface area contributed by atoms with E-state index < -0.39 is 18.1 Å². The molecule has 0 bridgehead atoms. The standard InChI is InChI=1S/C31H45N5O6/c1-22(2)19-35(26-18-24(20-34(21-26)31(39)40)29(37)33-13-16-42-17-14-33)30(38)28-27(12-8-9-15-41-4)36(23(3)32-28)25-10-6-5-7-11-25/h5-7,10-11,22,24,26H,8-9,12-21H2,1-4H3,(H,39,40)/t24-,26+/m1/s1. The van der Waals surface area contributed by atoms with E-state index in [2.05, 4.69) is 0 Å². The summed E-state index contributed by atoms with van der Waals surface area (Å²) in [6.45, 7) is 9.23. The van der Waals surface area contributed by atoms with Gasteiger partial charge in [0.05, 0.1) is 30.9 Å². The summed E-state index contributed by atoms with van der Waals surface area (Å²) in [7, 11) is 1.68. The summed E-state index contributed by atoms with van der Waals surface area (Å²) in [5.41, 5.74) is 2.16. The molecule has 4 rings (SSSR count). The second-order valence-electron chi connectivity index (χ2n) is 11.6. The van der Waals surface area contributed by atoms with Crippen molar-refractivity contribution in [3.8, 4) is 5.69 Å². The van der Waals surface area contributed by atoms with Crippen LogP contribution in [-0.2, 0) is 20.7 Å². The van der Waals surface area contributed by atoms with Gasteiger partial charge in [0.1, 0.15) is 11.5 Å². The number of piperidine rings is 1. The topological polar surface area (TPSA) is 117 Å². The number of amides is 3. The van der Waals surface area contributed by atoms with E-state index in [4.69, 9.17) is 14.5 Å². The van der Waals surface area contributed by atoms with Gasteiger partial charge in [-0.3, -0.25) is 9.59 Å². The molecule has 0 spiro atoms. The number of likely N-dealkylation sites (tertiary alicyclic amines) is 1. The minimum absolute atomic E-state index is 0.0748. The Kier molecular flexibility index (Phi) is 11.0. The Hall–Kier alpha value is -3.44. The lowest BCUT2D eigenvalue weighted by Gasteiger charge is -2.43. The van der Waals surface area contributed by atoms with Gasteiger partial charge in [0.2, 0.25) is 5.91 Å². The Morgan fingerprint density at radius 1 is 1.10 bits per heavy atom. The van der Waals surface area contributed by atoms with Gasteiger partial charge in [-0.05, 0) is 50.7 Å². The maximum Gasteiger partial charge on any atom is 0.407 e. The fourth-order valence-corrected chi connectivity index (χ4v) is 6.04. The minimum Gasteiger partial charge on any atom is -0.465 e. The molecule has 2 aromatic rings. The average molecular weight is 584 g/mol.